The van der Waals surface area contributed by atoms with E-state index in [4.69, 9.17) is 4.74 Å². The number of carbonyl (C=O) groups excluding carboxylic acids is 1. The molecule has 1 amide bonds. The normalized spacial score (nSPS) is 23.7. The van der Waals surface area contributed by atoms with Crippen molar-refractivity contribution in [3.63, 3.8) is 0 Å². The number of nitrogens with one attached hydrogen (secondary N) is 1. The van der Waals surface area contributed by atoms with E-state index >= 15 is 0 Å². The molecule has 0 spiro atoms. The maximum atomic E-state index is 14.3. The van der Waals surface area contributed by atoms with E-state index in [1.54, 1.807) is 20.8 Å². The van der Waals surface area contributed by atoms with Crippen LogP contribution in [0.4, 0.5) is 28.0 Å². The minimum absolute atomic E-state index is 0.00533. The molecule has 0 aliphatic carbocycles. The molecule has 0 unspecified atom stereocenters. The number of ether oxygens (including phenoxy) is 2. The fourth-order valence-electron chi connectivity index (χ4n) is 3.29. The zero-order valence-corrected chi connectivity index (χ0v) is 18.8. The lowest BCUT2D eigenvalue weighted by Crippen LogP contribution is -2.56. The van der Waals surface area contributed by atoms with Crippen LogP contribution in [0.5, 0.6) is 5.75 Å². The minimum atomic E-state index is -4.81. The van der Waals surface area contributed by atoms with Crippen molar-refractivity contribution in [1.29, 1.82) is 0 Å². The number of alkyl carbamates (subject to hydrolysis) is 1. The van der Waals surface area contributed by atoms with Gasteiger partial charge in [-0.3, -0.25) is 10.1 Å². The van der Waals surface area contributed by atoms with E-state index in [1.807, 2.05) is 0 Å². The van der Waals surface area contributed by atoms with Gasteiger partial charge in [0.05, 0.1) is 11.0 Å². The first-order valence-corrected chi connectivity index (χ1v) is 11.2. The van der Waals surface area contributed by atoms with Crippen molar-refractivity contribution in [2.45, 2.75) is 51.1 Å². The van der Waals surface area contributed by atoms with Crippen molar-refractivity contribution < 1.29 is 46.4 Å². The van der Waals surface area contributed by atoms with E-state index in [0.29, 0.717) is 0 Å². The monoisotopic (exact) mass is 500 g/mol. The van der Waals surface area contributed by atoms with Crippen molar-refractivity contribution in [3.05, 3.63) is 33.6 Å². The number of hydrogen-bond donors (Lipinski definition) is 2. The topological polar surface area (TPSA) is 134 Å². The molecule has 2 N–H and O–H groups in total. The van der Waals surface area contributed by atoms with Gasteiger partial charge in [-0.1, -0.05) is 11.2 Å². The SMILES string of the molecule is CC(C)(C)OC(=O)N[C@H]1C[S@@+]([O-])C[C@@H](Cc2cc(F)c([N+](=O)[O-])c(OCC(F)(F)F)c2)[C@@H]1O. The Morgan fingerprint density at radius 2 is 1.94 bits per heavy atom. The van der Waals surface area contributed by atoms with Crippen LogP contribution < -0.4 is 10.1 Å². The number of nitrogens with zero attached hydrogens (tertiary/aromatic N) is 1. The number of aliphatic hydroxyl groups is 1. The predicted molar refractivity (Wildman–Crippen MR) is 109 cm³/mol. The van der Waals surface area contributed by atoms with Crippen molar-refractivity contribution in [3.8, 4) is 5.75 Å². The van der Waals surface area contributed by atoms with Gasteiger partial charge in [-0.25, -0.2) is 4.79 Å². The van der Waals surface area contributed by atoms with Gasteiger partial charge in [-0.2, -0.15) is 17.6 Å². The van der Waals surface area contributed by atoms with Gasteiger partial charge >= 0.3 is 18.0 Å². The molecule has 14 heteroatoms. The van der Waals surface area contributed by atoms with E-state index in [-0.39, 0.29) is 23.5 Å². The molecule has 1 saturated heterocycles. The van der Waals surface area contributed by atoms with E-state index in [0.717, 1.165) is 12.1 Å². The first-order chi connectivity index (χ1) is 15.1. The van der Waals surface area contributed by atoms with Crippen LogP contribution in [0.3, 0.4) is 0 Å². The third-order valence-corrected chi connectivity index (χ3v) is 6.05. The van der Waals surface area contributed by atoms with Gasteiger partial charge in [0, 0.05) is 5.92 Å². The highest BCUT2D eigenvalue weighted by atomic mass is 32.2. The highest BCUT2D eigenvalue weighted by molar-refractivity contribution is 7.91. The highest BCUT2D eigenvalue weighted by Crippen LogP contribution is 2.34. The summed E-state index contributed by atoms with van der Waals surface area (Å²) in [4.78, 5) is 21.9. The minimum Gasteiger partial charge on any atom is -0.616 e. The molecule has 33 heavy (non-hydrogen) atoms. The van der Waals surface area contributed by atoms with Crippen molar-refractivity contribution >= 4 is 23.0 Å². The van der Waals surface area contributed by atoms with Crippen molar-refractivity contribution in [1.82, 2.24) is 5.32 Å². The molecule has 1 heterocycles. The van der Waals surface area contributed by atoms with Crippen LogP contribution in [0.2, 0.25) is 0 Å². The number of carbonyl (C=O) groups is 1. The summed E-state index contributed by atoms with van der Waals surface area (Å²) in [6.45, 7) is 3.03. The standard InChI is InChI=1S/C19H24F4N2O7S/c1-18(2,3)32-17(27)24-13-8-33(30)7-11(16(13)26)4-10-5-12(20)15(25(28)29)14(6-10)31-9-19(21,22)23/h5-6,11,13,16,26H,4,7-9H2,1-3H3,(H,24,27)/t11-,13+,16+,33+/m1/s1. The molecular formula is C19H24F4N2O7S. The third kappa shape index (κ3) is 8.19. The van der Waals surface area contributed by atoms with Crippen molar-refractivity contribution in [2.24, 2.45) is 5.92 Å². The van der Waals surface area contributed by atoms with Gasteiger partial charge in [-0.15, -0.1) is 0 Å². The molecule has 1 aromatic carbocycles. The summed E-state index contributed by atoms with van der Waals surface area (Å²) in [5.74, 6) is -3.22. The third-order valence-electron chi connectivity index (χ3n) is 4.52. The van der Waals surface area contributed by atoms with E-state index in [9.17, 15) is 42.1 Å². The van der Waals surface area contributed by atoms with Crippen LogP contribution >= 0.6 is 0 Å². The van der Waals surface area contributed by atoms with E-state index < -0.39 is 75.9 Å². The first-order valence-electron chi connectivity index (χ1n) is 9.74. The molecule has 0 radical (unpaired) electrons. The second-order valence-electron chi connectivity index (χ2n) is 8.57. The van der Waals surface area contributed by atoms with Gasteiger partial charge in [-0.05, 0) is 44.9 Å². The van der Waals surface area contributed by atoms with Gasteiger partial charge in [0.15, 0.2) is 6.61 Å². The molecule has 1 aromatic rings. The lowest BCUT2D eigenvalue weighted by molar-refractivity contribution is -0.388. The molecule has 1 aliphatic rings. The van der Waals surface area contributed by atoms with E-state index in [2.05, 4.69) is 10.1 Å². The maximum absolute atomic E-state index is 14.3. The Balaban J connectivity index is 2.22. The number of nitro benzene ring substituents is 1. The van der Waals surface area contributed by atoms with Crippen molar-refractivity contribution in [2.75, 3.05) is 18.1 Å². The molecule has 4 atom stereocenters. The first kappa shape index (κ1) is 26.9. The number of alkyl halides is 3. The van der Waals surface area contributed by atoms with Crippen LogP contribution in [0.25, 0.3) is 0 Å². The van der Waals surface area contributed by atoms with Crippen LogP contribution in [0.15, 0.2) is 12.1 Å². The quantitative estimate of drug-likeness (QED) is 0.266. The molecule has 2 rings (SSSR count). The van der Waals surface area contributed by atoms with Crippen LogP contribution in [0.1, 0.15) is 26.3 Å². The maximum Gasteiger partial charge on any atom is 0.422 e. The van der Waals surface area contributed by atoms with Gasteiger partial charge < -0.3 is 24.4 Å². The lowest BCUT2D eigenvalue weighted by atomic mass is 9.91. The van der Waals surface area contributed by atoms with Crippen LogP contribution in [-0.4, -0.2) is 62.7 Å². The van der Waals surface area contributed by atoms with E-state index in [1.165, 1.54) is 0 Å². The lowest BCUT2D eigenvalue weighted by Gasteiger charge is -2.36. The number of halogens is 4. The Kier molecular flexibility index (Phi) is 8.41. The Bertz CT molecular complexity index is 879. The predicted octanol–water partition coefficient (Wildman–Crippen LogP) is 2.85. The molecule has 0 saturated carbocycles. The summed E-state index contributed by atoms with van der Waals surface area (Å²) in [6.07, 6.45) is -7.07. The van der Waals surface area contributed by atoms with Crippen LogP contribution in [0, 0.1) is 21.8 Å². The molecular weight excluding hydrogens is 476 g/mol. The summed E-state index contributed by atoms with van der Waals surface area (Å²) in [7, 11) is 0. The molecule has 186 valence electrons. The number of hydrogen-bond acceptors (Lipinski definition) is 7. The summed E-state index contributed by atoms with van der Waals surface area (Å²) in [5, 5.41) is 24.2. The summed E-state index contributed by atoms with van der Waals surface area (Å²) in [5.41, 5.74) is -2.07. The summed E-state index contributed by atoms with van der Waals surface area (Å²) >= 11 is -1.48. The Morgan fingerprint density at radius 1 is 1.30 bits per heavy atom. The second kappa shape index (κ2) is 10.3. The Labute approximate surface area is 189 Å². The van der Waals surface area contributed by atoms with Gasteiger partial charge in [0.25, 0.3) is 0 Å². The van der Waals surface area contributed by atoms with Crippen LogP contribution in [-0.2, 0) is 22.3 Å². The fraction of sp³-hybridized carbons (Fsp3) is 0.632. The smallest absolute Gasteiger partial charge is 0.422 e. The second-order valence-corrected chi connectivity index (χ2v) is 10.1. The zero-order chi connectivity index (χ0) is 25.1. The number of benzene rings is 1. The van der Waals surface area contributed by atoms with Gasteiger partial charge in [0.2, 0.25) is 11.6 Å². The Hall–Kier alpha value is -2.32. The molecule has 0 bridgehead atoms. The molecule has 0 aromatic heterocycles. The molecule has 1 aliphatic heterocycles. The number of amides is 1. The average Bonchev–Trinajstić information content (AvgIpc) is 2.60. The number of rotatable bonds is 6. The Morgan fingerprint density at radius 3 is 2.48 bits per heavy atom. The number of aliphatic hydroxyl groups excluding tert-OH is 1. The molecule has 1 fully saturated rings. The average molecular weight is 500 g/mol. The summed E-state index contributed by atoms with van der Waals surface area (Å²) in [6, 6.07) is 0.676. The zero-order valence-electron chi connectivity index (χ0n) is 18.0. The number of nitro groups is 1. The molecule has 9 nitrogen and oxygen atoms in total. The fourth-order valence-corrected chi connectivity index (χ4v) is 4.90. The summed E-state index contributed by atoms with van der Waals surface area (Å²) < 4.78 is 73.6. The van der Waals surface area contributed by atoms with Gasteiger partial charge in [0.1, 0.15) is 23.1 Å². The largest absolute Gasteiger partial charge is 0.616 e. The highest BCUT2D eigenvalue weighted by Gasteiger charge is 2.41.